The zero-order chi connectivity index (χ0) is 15.5. The molecule has 0 radical (unpaired) electrons. The van der Waals surface area contributed by atoms with E-state index in [0.29, 0.717) is 11.1 Å². The molecule has 0 atom stereocenters. The Kier molecular flexibility index (Phi) is 3.79. The summed E-state index contributed by atoms with van der Waals surface area (Å²) in [5, 5.41) is 0. The molecule has 0 aliphatic heterocycles. The van der Waals surface area contributed by atoms with Gasteiger partial charge in [0.15, 0.2) is 5.78 Å². The first-order valence-electron chi connectivity index (χ1n) is 6.80. The highest BCUT2D eigenvalue weighted by Gasteiger charge is 2.09. The standard InChI is InChI=1S/C19H12F2O/c20-17-9-5-14(6-10-17)13-1-3-15(4-2-13)19(22)16-7-11-18(21)12-8-16/h1-12H. The maximum atomic E-state index is 12.9. The summed E-state index contributed by atoms with van der Waals surface area (Å²) in [6.45, 7) is 0. The predicted molar refractivity (Wildman–Crippen MR) is 81.7 cm³/mol. The molecule has 0 heterocycles. The summed E-state index contributed by atoms with van der Waals surface area (Å²) in [4.78, 5) is 12.3. The Bertz CT molecular complexity index is 788. The van der Waals surface area contributed by atoms with Crippen molar-refractivity contribution in [3.05, 3.63) is 95.6 Å². The van der Waals surface area contributed by atoms with Crippen molar-refractivity contribution in [1.29, 1.82) is 0 Å². The van der Waals surface area contributed by atoms with E-state index >= 15 is 0 Å². The van der Waals surface area contributed by atoms with E-state index in [1.54, 1.807) is 24.3 Å². The van der Waals surface area contributed by atoms with Crippen LogP contribution in [0.15, 0.2) is 72.8 Å². The quantitative estimate of drug-likeness (QED) is 0.630. The average molecular weight is 294 g/mol. The number of hydrogen-bond acceptors (Lipinski definition) is 1. The SMILES string of the molecule is O=C(c1ccc(F)cc1)c1ccc(-c2ccc(F)cc2)cc1. The van der Waals surface area contributed by atoms with Crippen molar-refractivity contribution in [2.45, 2.75) is 0 Å². The molecule has 1 nitrogen and oxygen atoms in total. The Morgan fingerprint density at radius 1 is 0.545 bits per heavy atom. The molecule has 0 amide bonds. The third-order valence-corrected chi connectivity index (χ3v) is 3.43. The lowest BCUT2D eigenvalue weighted by atomic mass is 9.99. The Hall–Kier alpha value is -2.81. The van der Waals surface area contributed by atoms with Crippen molar-refractivity contribution in [2.24, 2.45) is 0 Å². The smallest absolute Gasteiger partial charge is 0.193 e. The van der Waals surface area contributed by atoms with E-state index in [1.807, 2.05) is 12.1 Å². The van der Waals surface area contributed by atoms with Crippen LogP contribution in [-0.4, -0.2) is 5.78 Å². The molecule has 3 aromatic rings. The Balaban J connectivity index is 1.86. The van der Waals surface area contributed by atoms with Crippen molar-refractivity contribution in [1.82, 2.24) is 0 Å². The van der Waals surface area contributed by atoms with Gasteiger partial charge in [0.25, 0.3) is 0 Å². The van der Waals surface area contributed by atoms with Gasteiger partial charge in [-0.15, -0.1) is 0 Å². The molecule has 3 aromatic carbocycles. The van der Waals surface area contributed by atoms with Crippen molar-refractivity contribution in [3.63, 3.8) is 0 Å². The average Bonchev–Trinajstić information content (AvgIpc) is 2.56. The molecular weight excluding hydrogens is 282 g/mol. The first-order valence-corrected chi connectivity index (χ1v) is 6.80. The number of ketones is 1. The zero-order valence-electron chi connectivity index (χ0n) is 11.6. The molecule has 0 unspecified atom stereocenters. The molecule has 0 aliphatic carbocycles. The highest BCUT2D eigenvalue weighted by molar-refractivity contribution is 6.09. The van der Waals surface area contributed by atoms with Crippen molar-refractivity contribution >= 4 is 5.78 Å². The third kappa shape index (κ3) is 2.93. The molecule has 0 saturated carbocycles. The van der Waals surface area contributed by atoms with Crippen LogP contribution in [0, 0.1) is 11.6 Å². The van der Waals surface area contributed by atoms with E-state index in [-0.39, 0.29) is 17.4 Å². The lowest BCUT2D eigenvalue weighted by molar-refractivity contribution is 0.103. The maximum absolute atomic E-state index is 12.9. The van der Waals surface area contributed by atoms with Gasteiger partial charge >= 0.3 is 0 Å². The van der Waals surface area contributed by atoms with Gasteiger partial charge in [-0.1, -0.05) is 36.4 Å². The van der Waals surface area contributed by atoms with E-state index in [4.69, 9.17) is 0 Å². The van der Waals surface area contributed by atoms with E-state index < -0.39 is 0 Å². The first kappa shape index (κ1) is 14.1. The minimum absolute atomic E-state index is 0.161. The second-order valence-electron chi connectivity index (χ2n) is 4.92. The highest BCUT2D eigenvalue weighted by Crippen LogP contribution is 2.21. The molecule has 3 rings (SSSR count). The number of rotatable bonds is 3. The van der Waals surface area contributed by atoms with Gasteiger partial charge in [-0.25, -0.2) is 8.78 Å². The van der Waals surface area contributed by atoms with E-state index in [0.717, 1.165) is 11.1 Å². The van der Waals surface area contributed by atoms with Gasteiger partial charge in [0.2, 0.25) is 0 Å². The molecule has 0 aliphatic rings. The Morgan fingerprint density at radius 3 is 1.32 bits per heavy atom. The lowest BCUT2D eigenvalue weighted by Gasteiger charge is -2.05. The van der Waals surface area contributed by atoms with Gasteiger partial charge < -0.3 is 0 Å². The molecule has 108 valence electrons. The maximum Gasteiger partial charge on any atom is 0.193 e. The fraction of sp³-hybridized carbons (Fsp3) is 0. The first-order chi connectivity index (χ1) is 10.6. The lowest BCUT2D eigenvalue weighted by Crippen LogP contribution is -2.00. The van der Waals surface area contributed by atoms with Crippen LogP contribution in [-0.2, 0) is 0 Å². The van der Waals surface area contributed by atoms with Crippen LogP contribution >= 0.6 is 0 Å². The Morgan fingerprint density at radius 2 is 0.864 bits per heavy atom. The molecule has 0 bridgehead atoms. The van der Waals surface area contributed by atoms with Crippen LogP contribution in [0.4, 0.5) is 8.78 Å². The second kappa shape index (κ2) is 5.90. The second-order valence-corrected chi connectivity index (χ2v) is 4.92. The van der Waals surface area contributed by atoms with Gasteiger partial charge in [0.1, 0.15) is 11.6 Å². The molecule has 0 fully saturated rings. The number of hydrogen-bond donors (Lipinski definition) is 0. The predicted octanol–water partition coefficient (Wildman–Crippen LogP) is 4.86. The summed E-state index contributed by atoms with van der Waals surface area (Å²) in [5.74, 6) is -0.819. The summed E-state index contributed by atoms with van der Waals surface area (Å²) < 4.78 is 25.8. The summed E-state index contributed by atoms with van der Waals surface area (Å²) in [5.41, 5.74) is 2.74. The summed E-state index contributed by atoms with van der Waals surface area (Å²) in [7, 11) is 0. The van der Waals surface area contributed by atoms with Crippen LogP contribution in [0.1, 0.15) is 15.9 Å². The normalized spacial score (nSPS) is 10.5. The molecule has 0 spiro atoms. The van der Waals surface area contributed by atoms with Crippen molar-refractivity contribution in [3.8, 4) is 11.1 Å². The Labute approximate surface area is 126 Å². The molecule has 0 aromatic heterocycles. The number of carbonyl (C=O) groups is 1. The van der Waals surface area contributed by atoms with Crippen LogP contribution in [0.5, 0.6) is 0 Å². The zero-order valence-corrected chi connectivity index (χ0v) is 11.6. The van der Waals surface area contributed by atoms with Gasteiger partial charge in [-0.2, -0.15) is 0 Å². The van der Waals surface area contributed by atoms with E-state index in [9.17, 15) is 13.6 Å². The summed E-state index contributed by atoms with van der Waals surface area (Å²) in [6.07, 6.45) is 0. The van der Waals surface area contributed by atoms with Crippen LogP contribution in [0.25, 0.3) is 11.1 Å². The van der Waals surface area contributed by atoms with Gasteiger partial charge in [-0.05, 0) is 47.5 Å². The van der Waals surface area contributed by atoms with Crippen LogP contribution in [0.2, 0.25) is 0 Å². The molecular formula is C19H12F2O. The topological polar surface area (TPSA) is 17.1 Å². The number of halogens is 2. The fourth-order valence-corrected chi connectivity index (χ4v) is 2.22. The van der Waals surface area contributed by atoms with E-state index in [1.165, 1.54) is 36.4 Å². The summed E-state index contributed by atoms with van der Waals surface area (Å²) in [6, 6.07) is 18.7. The fourth-order valence-electron chi connectivity index (χ4n) is 2.22. The van der Waals surface area contributed by atoms with Gasteiger partial charge in [0.05, 0.1) is 0 Å². The number of benzene rings is 3. The molecule has 0 saturated heterocycles. The van der Waals surface area contributed by atoms with Gasteiger partial charge in [-0.3, -0.25) is 4.79 Å². The summed E-state index contributed by atoms with van der Waals surface area (Å²) >= 11 is 0. The van der Waals surface area contributed by atoms with Crippen molar-refractivity contribution < 1.29 is 13.6 Å². The highest BCUT2D eigenvalue weighted by atomic mass is 19.1. The van der Waals surface area contributed by atoms with Gasteiger partial charge in [0, 0.05) is 11.1 Å². The molecule has 22 heavy (non-hydrogen) atoms. The van der Waals surface area contributed by atoms with Crippen LogP contribution < -0.4 is 0 Å². The minimum atomic E-state index is -0.372. The largest absolute Gasteiger partial charge is 0.289 e. The van der Waals surface area contributed by atoms with Crippen LogP contribution in [0.3, 0.4) is 0 Å². The molecule has 3 heteroatoms. The minimum Gasteiger partial charge on any atom is -0.289 e. The van der Waals surface area contributed by atoms with Crippen molar-refractivity contribution in [2.75, 3.05) is 0 Å². The third-order valence-electron chi connectivity index (χ3n) is 3.43. The van der Waals surface area contributed by atoms with E-state index in [2.05, 4.69) is 0 Å². The monoisotopic (exact) mass is 294 g/mol. The number of carbonyl (C=O) groups excluding carboxylic acids is 1. The molecule has 0 N–H and O–H groups in total.